The van der Waals surface area contributed by atoms with E-state index in [4.69, 9.17) is 5.26 Å². The predicted molar refractivity (Wildman–Crippen MR) is 35.8 cm³/mol. The molecule has 0 saturated heterocycles. The lowest BCUT2D eigenvalue weighted by Gasteiger charge is -1.92. The molecule has 0 fully saturated rings. The molecular formula is C7H9NO2. The van der Waals surface area contributed by atoms with Crippen molar-refractivity contribution in [2.24, 2.45) is 0 Å². The maximum Gasteiger partial charge on any atom is 0.310 e. The highest BCUT2D eigenvalue weighted by Gasteiger charge is 1.93. The first-order chi connectivity index (χ1) is 4.70. The number of nitrogens with zero attached hydrogens (tertiary/aromatic N) is 1. The lowest BCUT2D eigenvalue weighted by atomic mass is 10.4. The summed E-state index contributed by atoms with van der Waals surface area (Å²) in [4.78, 5) is 10.5. The van der Waals surface area contributed by atoms with Crippen molar-refractivity contribution in [2.75, 3.05) is 0 Å². The first kappa shape index (κ1) is 8.70. The third-order valence-electron chi connectivity index (χ3n) is 0.832. The van der Waals surface area contributed by atoms with Gasteiger partial charge in [-0.05, 0) is 6.92 Å². The molecule has 0 heterocycles. The van der Waals surface area contributed by atoms with E-state index in [9.17, 15) is 4.79 Å². The molecule has 3 heteroatoms. The molecule has 54 valence electrons. The molecule has 0 aromatic rings. The Morgan fingerprint density at radius 1 is 1.80 bits per heavy atom. The van der Waals surface area contributed by atoms with Crippen molar-refractivity contribution in [1.29, 1.82) is 5.26 Å². The zero-order valence-corrected chi connectivity index (χ0v) is 6.05. The van der Waals surface area contributed by atoms with Crippen molar-refractivity contribution in [3.63, 3.8) is 0 Å². The van der Waals surface area contributed by atoms with Gasteiger partial charge in [0, 0.05) is 6.42 Å². The van der Waals surface area contributed by atoms with Crippen LogP contribution in [0, 0.1) is 11.3 Å². The van der Waals surface area contributed by atoms with Gasteiger partial charge in [0.1, 0.15) is 6.26 Å². The fraction of sp³-hybridized carbons (Fsp3) is 0.429. The van der Waals surface area contributed by atoms with Gasteiger partial charge >= 0.3 is 5.97 Å². The van der Waals surface area contributed by atoms with Gasteiger partial charge in [0.25, 0.3) is 0 Å². The Hall–Kier alpha value is -1.30. The minimum Gasteiger partial charge on any atom is -0.433 e. The number of rotatable bonds is 2. The Bertz CT molecular complexity index is 188. The van der Waals surface area contributed by atoms with Gasteiger partial charge in [-0.2, -0.15) is 5.26 Å². The zero-order valence-electron chi connectivity index (χ0n) is 6.05. The van der Waals surface area contributed by atoms with Crippen LogP contribution in [-0.2, 0) is 9.53 Å². The minimum atomic E-state index is -0.324. The highest BCUT2D eigenvalue weighted by molar-refractivity contribution is 5.69. The van der Waals surface area contributed by atoms with Crippen molar-refractivity contribution in [1.82, 2.24) is 0 Å². The second-order valence-electron chi connectivity index (χ2n) is 1.76. The van der Waals surface area contributed by atoms with Crippen LogP contribution in [0.2, 0.25) is 0 Å². The number of carbonyl (C=O) groups excluding carboxylic acids is 1. The van der Waals surface area contributed by atoms with Crippen LogP contribution in [0.25, 0.3) is 0 Å². The number of esters is 1. The van der Waals surface area contributed by atoms with E-state index in [2.05, 4.69) is 4.74 Å². The van der Waals surface area contributed by atoms with Crippen LogP contribution in [-0.4, -0.2) is 5.97 Å². The Morgan fingerprint density at radius 3 is 2.80 bits per heavy atom. The largest absolute Gasteiger partial charge is 0.433 e. The van der Waals surface area contributed by atoms with Crippen LogP contribution in [0.3, 0.4) is 0 Å². The zero-order chi connectivity index (χ0) is 7.98. The monoisotopic (exact) mass is 139 g/mol. The number of hydrogen-bond acceptors (Lipinski definition) is 3. The van der Waals surface area contributed by atoms with Crippen LogP contribution in [0.1, 0.15) is 20.3 Å². The second-order valence-corrected chi connectivity index (χ2v) is 1.76. The van der Waals surface area contributed by atoms with Crippen molar-refractivity contribution in [3.8, 4) is 6.07 Å². The number of hydrogen-bond donors (Lipinski definition) is 0. The van der Waals surface area contributed by atoms with Crippen molar-refractivity contribution < 1.29 is 9.53 Å². The smallest absolute Gasteiger partial charge is 0.310 e. The molecule has 0 saturated carbocycles. The summed E-state index contributed by atoms with van der Waals surface area (Å²) in [6.07, 6.45) is 1.49. The lowest BCUT2D eigenvalue weighted by Crippen LogP contribution is -1.95. The van der Waals surface area contributed by atoms with Gasteiger partial charge in [0.15, 0.2) is 0 Å². The summed E-state index contributed by atoms with van der Waals surface area (Å²) in [6.45, 7) is 3.26. The van der Waals surface area contributed by atoms with E-state index in [0.29, 0.717) is 12.0 Å². The summed E-state index contributed by atoms with van der Waals surface area (Å²) in [6, 6.07) is 1.83. The quantitative estimate of drug-likeness (QED) is 0.330. The highest BCUT2D eigenvalue weighted by Crippen LogP contribution is 1.91. The molecule has 0 radical (unpaired) electrons. The maximum atomic E-state index is 10.5. The SMILES string of the molecule is CCC(=O)O/C=C(/C)C#N. The molecule has 0 aromatic heterocycles. The fourth-order valence-electron chi connectivity index (χ4n) is 0.264. The Labute approximate surface area is 59.9 Å². The van der Waals surface area contributed by atoms with Gasteiger partial charge in [-0.25, -0.2) is 0 Å². The maximum absolute atomic E-state index is 10.5. The van der Waals surface area contributed by atoms with E-state index in [1.54, 1.807) is 13.8 Å². The van der Waals surface area contributed by atoms with Crippen LogP contribution < -0.4 is 0 Å². The molecule has 0 aliphatic carbocycles. The topological polar surface area (TPSA) is 50.1 Å². The summed E-state index contributed by atoms with van der Waals surface area (Å²) >= 11 is 0. The molecule has 10 heavy (non-hydrogen) atoms. The Morgan fingerprint density at radius 2 is 2.40 bits per heavy atom. The number of carbonyl (C=O) groups is 1. The normalized spacial score (nSPS) is 10.3. The van der Waals surface area contributed by atoms with E-state index >= 15 is 0 Å². The van der Waals surface area contributed by atoms with Crippen LogP contribution >= 0.6 is 0 Å². The third-order valence-corrected chi connectivity index (χ3v) is 0.832. The second kappa shape index (κ2) is 4.57. The molecule has 0 rings (SSSR count). The standard InChI is InChI=1S/C7H9NO2/c1-3-7(9)10-5-6(2)4-8/h5H,3H2,1-2H3/b6-5-. The summed E-state index contributed by atoms with van der Waals surface area (Å²) in [7, 11) is 0. The van der Waals surface area contributed by atoms with Crippen molar-refractivity contribution in [2.45, 2.75) is 20.3 Å². The summed E-state index contributed by atoms with van der Waals surface area (Å²) in [5, 5.41) is 8.21. The fourth-order valence-corrected chi connectivity index (χ4v) is 0.264. The molecule has 3 nitrogen and oxygen atoms in total. The molecule has 0 aromatic carbocycles. The van der Waals surface area contributed by atoms with Gasteiger partial charge < -0.3 is 4.74 Å². The van der Waals surface area contributed by atoms with Gasteiger partial charge in [0.05, 0.1) is 11.6 Å². The Balaban J connectivity index is 3.75. The van der Waals surface area contributed by atoms with E-state index in [0.717, 1.165) is 6.26 Å². The Kier molecular flexibility index (Phi) is 3.97. The van der Waals surface area contributed by atoms with Crippen LogP contribution in [0.15, 0.2) is 11.8 Å². The molecule has 0 unspecified atom stereocenters. The summed E-state index contributed by atoms with van der Waals surface area (Å²) in [5.41, 5.74) is 0.391. The first-order valence-corrected chi connectivity index (χ1v) is 2.97. The van der Waals surface area contributed by atoms with Gasteiger partial charge in [-0.3, -0.25) is 4.79 Å². The molecule has 0 bridgehead atoms. The van der Waals surface area contributed by atoms with E-state index in [1.165, 1.54) is 0 Å². The molecule has 0 spiro atoms. The molecule has 0 aliphatic rings. The van der Waals surface area contributed by atoms with Crippen molar-refractivity contribution >= 4 is 5.97 Å². The first-order valence-electron chi connectivity index (χ1n) is 2.97. The summed E-state index contributed by atoms with van der Waals surface area (Å²) in [5.74, 6) is -0.324. The van der Waals surface area contributed by atoms with Gasteiger partial charge in [0.2, 0.25) is 0 Å². The predicted octanol–water partition coefficient (Wildman–Crippen LogP) is 1.37. The average Bonchev–Trinajstić information content (AvgIpc) is 1.99. The molecule has 0 aliphatic heterocycles. The van der Waals surface area contributed by atoms with E-state index in [-0.39, 0.29) is 5.97 Å². The minimum absolute atomic E-state index is 0.324. The molecule has 0 atom stereocenters. The van der Waals surface area contributed by atoms with E-state index in [1.807, 2.05) is 6.07 Å². The summed E-state index contributed by atoms with van der Waals surface area (Å²) < 4.78 is 4.52. The van der Waals surface area contributed by atoms with Crippen LogP contribution in [0.5, 0.6) is 0 Å². The number of nitriles is 1. The molecule has 0 amide bonds. The number of ether oxygens (including phenoxy) is 1. The average molecular weight is 139 g/mol. The molecule has 0 N–H and O–H groups in total. The van der Waals surface area contributed by atoms with E-state index < -0.39 is 0 Å². The molecular weight excluding hydrogens is 130 g/mol. The van der Waals surface area contributed by atoms with Crippen molar-refractivity contribution in [3.05, 3.63) is 11.8 Å². The third kappa shape index (κ3) is 3.67. The lowest BCUT2D eigenvalue weighted by molar-refractivity contribution is -0.137. The van der Waals surface area contributed by atoms with Crippen LogP contribution in [0.4, 0.5) is 0 Å². The highest BCUT2D eigenvalue weighted by atomic mass is 16.5. The van der Waals surface area contributed by atoms with Gasteiger partial charge in [-0.15, -0.1) is 0 Å². The van der Waals surface area contributed by atoms with Gasteiger partial charge in [-0.1, -0.05) is 6.92 Å². The number of allylic oxidation sites excluding steroid dienone is 1.